The Labute approximate surface area is 143 Å². The second kappa shape index (κ2) is 8.29. The van der Waals surface area contributed by atoms with Crippen molar-refractivity contribution in [3.8, 4) is 0 Å². The van der Waals surface area contributed by atoms with Crippen LogP contribution in [0.25, 0.3) is 0 Å². The van der Waals surface area contributed by atoms with Crippen molar-refractivity contribution in [2.75, 3.05) is 11.9 Å². The Kier molecular flexibility index (Phi) is 6.13. The van der Waals surface area contributed by atoms with Crippen molar-refractivity contribution < 1.29 is 9.59 Å². The average molecular weight is 324 g/mol. The number of hydrogen-bond donors (Lipinski definition) is 2. The average Bonchev–Trinajstić information content (AvgIpc) is 2.54. The van der Waals surface area contributed by atoms with Crippen molar-refractivity contribution >= 4 is 17.5 Å². The minimum Gasteiger partial charge on any atom is -0.352 e. The summed E-state index contributed by atoms with van der Waals surface area (Å²) in [6.45, 7) is 6.74. The van der Waals surface area contributed by atoms with Crippen LogP contribution in [0.2, 0.25) is 0 Å². The highest BCUT2D eigenvalue weighted by Crippen LogP contribution is 2.15. The summed E-state index contributed by atoms with van der Waals surface area (Å²) < 4.78 is 0. The molecule has 0 saturated carbocycles. The van der Waals surface area contributed by atoms with Gasteiger partial charge in [-0.3, -0.25) is 9.59 Å². The lowest BCUT2D eigenvalue weighted by Crippen LogP contribution is -2.24. The molecule has 126 valence electrons. The van der Waals surface area contributed by atoms with Gasteiger partial charge in [0.1, 0.15) is 0 Å². The number of anilines is 1. The lowest BCUT2D eigenvalue weighted by atomic mass is 10.1. The van der Waals surface area contributed by atoms with E-state index in [0.717, 1.165) is 29.7 Å². The molecule has 4 nitrogen and oxygen atoms in total. The molecule has 4 heteroatoms. The molecular weight excluding hydrogens is 300 g/mol. The highest BCUT2D eigenvalue weighted by Gasteiger charge is 2.09. The number of unbranched alkanes of at least 4 members (excludes halogenated alkanes) is 1. The van der Waals surface area contributed by atoms with E-state index >= 15 is 0 Å². The van der Waals surface area contributed by atoms with Gasteiger partial charge in [0.15, 0.2) is 0 Å². The van der Waals surface area contributed by atoms with Crippen LogP contribution in [-0.4, -0.2) is 18.4 Å². The van der Waals surface area contributed by atoms with Gasteiger partial charge in [0.25, 0.3) is 11.8 Å². The van der Waals surface area contributed by atoms with E-state index in [1.807, 2.05) is 26.0 Å². The molecule has 0 saturated heterocycles. The third-order valence-electron chi connectivity index (χ3n) is 3.70. The summed E-state index contributed by atoms with van der Waals surface area (Å²) in [6.07, 6.45) is 2.00. The fourth-order valence-corrected chi connectivity index (χ4v) is 2.50. The van der Waals surface area contributed by atoms with Crippen LogP contribution in [-0.2, 0) is 0 Å². The molecule has 2 amide bonds. The first kappa shape index (κ1) is 17.7. The van der Waals surface area contributed by atoms with Gasteiger partial charge >= 0.3 is 0 Å². The number of hydrogen-bond acceptors (Lipinski definition) is 2. The maximum absolute atomic E-state index is 12.3. The van der Waals surface area contributed by atoms with E-state index in [4.69, 9.17) is 0 Å². The van der Waals surface area contributed by atoms with Gasteiger partial charge in [-0.2, -0.15) is 0 Å². The summed E-state index contributed by atoms with van der Waals surface area (Å²) in [5.41, 5.74) is 4.07. The van der Waals surface area contributed by atoms with Crippen LogP contribution in [0.15, 0.2) is 42.5 Å². The van der Waals surface area contributed by atoms with Crippen LogP contribution in [0.1, 0.15) is 51.6 Å². The predicted molar refractivity (Wildman–Crippen MR) is 97.6 cm³/mol. The Hall–Kier alpha value is -2.62. The molecule has 24 heavy (non-hydrogen) atoms. The van der Waals surface area contributed by atoms with Gasteiger partial charge in [0, 0.05) is 23.4 Å². The maximum Gasteiger partial charge on any atom is 0.255 e. The topological polar surface area (TPSA) is 58.2 Å². The molecule has 0 aliphatic heterocycles. The zero-order valence-electron chi connectivity index (χ0n) is 14.5. The molecule has 0 atom stereocenters. The molecule has 0 fully saturated rings. The van der Waals surface area contributed by atoms with E-state index < -0.39 is 0 Å². The summed E-state index contributed by atoms with van der Waals surface area (Å²) in [5.74, 6) is -0.289. The Morgan fingerprint density at radius 3 is 1.96 bits per heavy atom. The molecule has 0 bridgehead atoms. The molecule has 0 spiro atoms. The molecule has 0 unspecified atom stereocenters. The van der Waals surface area contributed by atoms with Crippen molar-refractivity contribution in [3.05, 3.63) is 64.7 Å². The monoisotopic (exact) mass is 324 g/mol. The largest absolute Gasteiger partial charge is 0.352 e. The van der Waals surface area contributed by atoms with E-state index in [1.165, 1.54) is 0 Å². The van der Waals surface area contributed by atoms with Gasteiger partial charge in [0.05, 0.1) is 0 Å². The van der Waals surface area contributed by atoms with Crippen LogP contribution < -0.4 is 10.6 Å². The van der Waals surface area contributed by atoms with Crippen molar-refractivity contribution in [2.45, 2.75) is 33.6 Å². The van der Waals surface area contributed by atoms with E-state index in [-0.39, 0.29) is 11.8 Å². The summed E-state index contributed by atoms with van der Waals surface area (Å²) in [5, 5.41) is 5.75. The Morgan fingerprint density at radius 1 is 0.875 bits per heavy atom. The van der Waals surface area contributed by atoms with Gasteiger partial charge in [-0.05, 0) is 67.8 Å². The normalized spacial score (nSPS) is 10.3. The minimum atomic E-state index is -0.182. The van der Waals surface area contributed by atoms with Crippen LogP contribution >= 0.6 is 0 Å². The molecule has 0 aliphatic carbocycles. The van der Waals surface area contributed by atoms with Crippen LogP contribution in [0, 0.1) is 13.8 Å². The first-order valence-electron chi connectivity index (χ1n) is 8.27. The van der Waals surface area contributed by atoms with Crippen molar-refractivity contribution in [1.29, 1.82) is 0 Å². The number of nitrogens with one attached hydrogen (secondary N) is 2. The molecule has 2 aromatic carbocycles. The highest BCUT2D eigenvalue weighted by atomic mass is 16.2. The Morgan fingerprint density at radius 2 is 1.42 bits per heavy atom. The molecule has 2 aromatic rings. The van der Waals surface area contributed by atoms with Crippen LogP contribution in [0.4, 0.5) is 5.69 Å². The number of aryl methyl sites for hydroxylation is 2. The fourth-order valence-electron chi connectivity index (χ4n) is 2.50. The van der Waals surface area contributed by atoms with E-state index in [2.05, 4.69) is 23.6 Å². The van der Waals surface area contributed by atoms with Crippen molar-refractivity contribution in [3.63, 3.8) is 0 Å². The third kappa shape index (κ3) is 4.95. The van der Waals surface area contributed by atoms with Gasteiger partial charge in [-0.25, -0.2) is 0 Å². The SMILES string of the molecule is CCCCNC(=O)c1ccc(C(=O)Nc2cc(C)cc(C)c2)cc1. The van der Waals surface area contributed by atoms with Crippen LogP contribution in [0.5, 0.6) is 0 Å². The first-order valence-corrected chi connectivity index (χ1v) is 8.27. The molecule has 0 radical (unpaired) electrons. The molecule has 0 aromatic heterocycles. The second-order valence-electron chi connectivity index (χ2n) is 6.02. The number of amides is 2. The predicted octanol–water partition coefficient (Wildman–Crippen LogP) is 4.09. The first-order chi connectivity index (χ1) is 11.5. The van der Waals surface area contributed by atoms with Crippen molar-refractivity contribution in [1.82, 2.24) is 5.32 Å². The number of carbonyl (C=O) groups excluding carboxylic acids is 2. The lowest BCUT2D eigenvalue weighted by molar-refractivity contribution is 0.0951. The van der Waals surface area contributed by atoms with Gasteiger partial charge < -0.3 is 10.6 Å². The van der Waals surface area contributed by atoms with E-state index in [1.54, 1.807) is 24.3 Å². The molecule has 2 rings (SSSR count). The summed E-state index contributed by atoms with van der Waals surface area (Å²) >= 11 is 0. The highest BCUT2D eigenvalue weighted by molar-refractivity contribution is 6.05. The molecule has 0 aliphatic rings. The number of carbonyl (C=O) groups is 2. The lowest BCUT2D eigenvalue weighted by Gasteiger charge is -2.08. The molecule has 2 N–H and O–H groups in total. The van der Waals surface area contributed by atoms with Crippen LogP contribution in [0.3, 0.4) is 0 Å². The van der Waals surface area contributed by atoms with Gasteiger partial charge in [-0.1, -0.05) is 19.4 Å². The Balaban J connectivity index is 2.01. The standard InChI is InChI=1S/C20H24N2O2/c1-4-5-10-21-19(23)16-6-8-17(9-7-16)20(24)22-18-12-14(2)11-15(3)13-18/h6-9,11-13H,4-5,10H2,1-3H3,(H,21,23)(H,22,24). The zero-order chi connectivity index (χ0) is 17.5. The maximum atomic E-state index is 12.3. The van der Waals surface area contributed by atoms with Gasteiger partial charge in [0.2, 0.25) is 0 Å². The van der Waals surface area contributed by atoms with Gasteiger partial charge in [-0.15, -0.1) is 0 Å². The fraction of sp³-hybridized carbons (Fsp3) is 0.300. The van der Waals surface area contributed by atoms with E-state index in [9.17, 15) is 9.59 Å². The summed E-state index contributed by atoms with van der Waals surface area (Å²) in [4.78, 5) is 24.3. The molecule has 0 heterocycles. The van der Waals surface area contributed by atoms with Crippen molar-refractivity contribution in [2.24, 2.45) is 0 Å². The minimum absolute atomic E-state index is 0.107. The summed E-state index contributed by atoms with van der Waals surface area (Å²) in [6, 6.07) is 12.6. The number of benzene rings is 2. The second-order valence-corrected chi connectivity index (χ2v) is 6.02. The third-order valence-corrected chi connectivity index (χ3v) is 3.70. The quantitative estimate of drug-likeness (QED) is 0.786. The number of rotatable bonds is 6. The molecular formula is C20H24N2O2. The van der Waals surface area contributed by atoms with E-state index in [0.29, 0.717) is 17.7 Å². The zero-order valence-corrected chi connectivity index (χ0v) is 14.5. The Bertz CT molecular complexity index is 701. The smallest absolute Gasteiger partial charge is 0.255 e. The summed E-state index contributed by atoms with van der Waals surface area (Å²) in [7, 11) is 0.